The van der Waals surface area contributed by atoms with Crippen molar-refractivity contribution in [1.29, 1.82) is 0 Å². The Bertz CT molecular complexity index is 334. The monoisotopic (exact) mass is 317 g/mol. The van der Waals surface area contributed by atoms with Gasteiger partial charge in [-0.05, 0) is 46.7 Å². The van der Waals surface area contributed by atoms with Gasteiger partial charge in [0.25, 0.3) is 0 Å². The third kappa shape index (κ3) is 3.16. The molecule has 1 heterocycles. The second-order valence-corrected chi connectivity index (χ2v) is 5.13. The maximum Gasteiger partial charge on any atom is 0.0594 e. The summed E-state index contributed by atoms with van der Waals surface area (Å²) in [5, 5.41) is 0. The van der Waals surface area contributed by atoms with Crippen LogP contribution in [0.3, 0.4) is 0 Å². The molecule has 0 N–H and O–H groups in total. The summed E-state index contributed by atoms with van der Waals surface area (Å²) in [7, 11) is 0. The molecule has 2 nitrogen and oxygen atoms in total. The standard InChI is InChI=1S/C12H16INO/c1-10-8-11(2-3-12(10)13)9-14-4-6-15-7-5-14/h2-3,8H,4-7,9H2,1H3. The first-order valence-corrected chi connectivity index (χ1v) is 6.39. The molecule has 0 aromatic heterocycles. The lowest BCUT2D eigenvalue weighted by Gasteiger charge is -2.26. The van der Waals surface area contributed by atoms with Crippen LogP contribution < -0.4 is 0 Å². The van der Waals surface area contributed by atoms with Gasteiger partial charge >= 0.3 is 0 Å². The maximum absolute atomic E-state index is 5.34. The van der Waals surface area contributed by atoms with Crippen molar-refractivity contribution in [3.05, 3.63) is 32.9 Å². The van der Waals surface area contributed by atoms with Crippen LogP contribution in [0.4, 0.5) is 0 Å². The van der Waals surface area contributed by atoms with Crippen LogP contribution in [0.1, 0.15) is 11.1 Å². The lowest BCUT2D eigenvalue weighted by molar-refractivity contribution is 0.0342. The van der Waals surface area contributed by atoms with Gasteiger partial charge in [0, 0.05) is 23.2 Å². The van der Waals surface area contributed by atoms with E-state index in [-0.39, 0.29) is 0 Å². The lowest BCUT2D eigenvalue weighted by atomic mass is 10.1. The number of aryl methyl sites for hydroxylation is 1. The molecular formula is C12H16INO. The van der Waals surface area contributed by atoms with Crippen molar-refractivity contribution in [3.63, 3.8) is 0 Å². The molecule has 1 aromatic rings. The molecule has 15 heavy (non-hydrogen) atoms. The van der Waals surface area contributed by atoms with E-state index in [2.05, 4.69) is 52.6 Å². The fourth-order valence-corrected chi connectivity index (χ4v) is 2.16. The predicted molar refractivity (Wildman–Crippen MR) is 70.0 cm³/mol. The van der Waals surface area contributed by atoms with E-state index in [1.54, 1.807) is 0 Å². The Balaban J connectivity index is 2.00. The zero-order valence-corrected chi connectivity index (χ0v) is 11.2. The van der Waals surface area contributed by atoms with Crippen molar-refractivity contribution in [2.75, 3.05) is 26.3 Å². The molecule has 0 unspecified atom stereocenters. The molecule has 1 saturated heterocycles. The van der Waals surface area contributed by atoms with Crippen molar-refractivity contribution in [2.24, 2.45) is 0 Å². The first-order valence-electron chi connectivity index (χ1n) is 5.31. The summed E-state index contributed by atoms with van der Waals surface area (Å²) in [4.78, 5) is 2.45. The summed E-state index contributed by atoms with van der Waals surface area (Å²) in [5.41, 5.74) is 2.79. The molecule has 0 amide bonds. The van der Waals surface area contributed by atoms with E-state index in [1.165, 1.54) is 14.7 Å². The third-order valence-corrected chi connectivity index (χ3v) is 3.94. The van der Waals surface area contributed by atoms with Gasteiger partial charge in [-0.3, -0.25) is 4.90 Å². The van der Waals surface area contributed by atoms with Gasteiger partial charge in [0.2, 0.25) is 0 Å². The van der Waals surface area contributed by atoms with Crippen LogP contribution >= 0.6 is 22.6 Å². The van der Waals surface area contributed by atoms with E-state index < -0.39 is 0 Å². The minimum Gasteiger partial charge on any atom is -0.379 e. The van der Waals surface area contributed by atoms with Crippen molar-refractivity contribution in [2.45, 2.75) is 13.5 Å². The number of halogens is 1. The minimum atomic E-state index is 0.878. The van der Waals surface area contributed by atoms with E-state index in [4.69, 9.17) is 4.74 Å². The van der Waals surface area contributed by atoms with E-state index in [0.29, 0.717) is 0 Å². The fourth-order valence-electron chi connectivity index (χ4n) is 1.82. The maximum atomic E-state index is 5.34. The van der Waals surface area contributed by atoms with E-state index in [9.17, 15) is 0 Å². The minimum absolute atomic E-state index is 0.878. The average Bonchev–Trinajstić information content (AvgIpc) is 2.25. The van der Waals surface area contributed by atoms with Gasteiger partial charge in [-0.25, -0.2) is 0 Å². The lowest BCUT2D eigenvalue weighted by Crippen LogP contribution is -2.35. The second kappa shape index (κ2) is 5.27. The number of morpholine rings is 1. The molecule has 3 heteroatoms. The summed E-state index contributed by atoms with van der Waals surface area (Å²) in [6, 6.07) is 6.72. The fraction of sp³-hybridized carbons (Fsp3) is 0.500. The SMILES string of the molecule is Cc1cc(CN2CCOCC2)ccc1I. The molecule has 0 aliphatic carbocycles. The number of rotatable bonds is 2. The number of nitrogens with zero attached hydrogens (tertiary/aromatic N) is 1. The Morgan fingerprint density at radius 3 is 2.73 bits per heavy atom. The van der Waals surface area contributed by atoms with Crippen molar-refractivity contribution < 1.29 is 4.74 Å². The Labute approximate surface area is 105 Å². The molecule has 1 aliphatic rings. The molecule has 0 bridgehead atoms. The highest BCUT2D eigenvalue weighted by Crippen LogP contribution is 2.15. The summed E-state index contributed by atoms with van der Waals surface area (Å²) in [5.74, 6) is 0. The summed E-state index contributed by atoms with van der Waals surface area (Å²) in [6.45, 7) is 7.11. The molecular weight excluding hydrogens is 301 g/mol. The number of benzene rings is 1. The largest absolute Gasteiger partial charge is 0.379 e. The van der Waals surface area contributed by atoms with Crippen LogP contribution in [0.2, 0.25) is 0 Å². The smallest absolute Gasteiger partial charge is 0.0594 e. The third-order valence-electron chi connectivity index (χ3n) is 2.73. The van der Waals surface area contributed by atoms with E-state index >= 15 is 0 Å². The Morgan fingerprint density at radius 1 is 1.33 bits per heavy atom. The predicted octanol–water partition coefficient (Wildman–Crippen LogP) is 2.43. The van der Waals surface area contributed by atoms with E-state index in [0.717, 1.165) is 32.8 Å². The molecule has 82 valence electrons. The Morgan fingerprint density at radius 2 is 2.07 bits per heavy atom. The van der Waals surface area contributed by atoms with Crippen LogP contribution in [0.5, 0.6) is 0 Å². The first kappa shape index (κ1) is 11.4. The molecule has 0 saturated carbocycles. The van der Waals surface area contributed by atoms with Gasteiger partial charge in [0.1, 0.15) is 0 Å². The normalized spacial score (nSPS) is 18.0. The van der Waals surface area contributed by atoms with Gasteiger partial charge in [-0.1, -0.05) is 12.1 Å². The summed E-state index contributed by atoms with van der Waals surface area (Å²) >= 11 is 2.38. The zero-order valence-electron chi connectivity index (χ0n) is 9.00. The quantitative estimate of drug-likeness (QED) is 0.777. The van der Waals surface area contributed by atoms with Crippen molar-refractivity contribution in [3.8, 4) is 0 Å². The highest BCUT2D eigenvalue weighted by molar-refractivity contribution is 14.1. The number of hydrogen-bond donors (Lipinski definition) is 0. The van der Waals surface area contributed by atoms with Crippen LogP contribution in [-0.2, 0) is 11.3 Å². The van der Waals surface area contributed by atoms with Crippen molar-refractivity contribution >= 4 is 22.6 Å². The van der Waals surface area contributed by atoms with Gasteiger partial charge < -0.3 is 4.74 Å². The molecule has 0 radical (unpaired) electrons. The van der Waals surface area contributed by atoms with Crippen LogP contribution in [-0.4, -0.2) is 31.2 Å². The molecule has 0 spiro atoms. The molecule has 1 aliphatic heterocycles. The van der Waals surface area contributed by atoms with Gasteiger partial charge in [-0.2, -0.15) is 0 Å². The zero-order chi connectivity index (χ0) is 10.7. The van der Waals surface area contributed by atoms with Gasteiger partial charge in [-0.15, -0.1) is 0 Å². The van der Waals surface area contributed by atoms with Crippen LogP contribution in [0.25, 0.3) is 0 Å². The first-order chi connectivity index (χ1) is 7.25. The highest BCUT2D eigenvalue weighted by Gasteiger charge is 2.10. The molecule has 0 atom stereocenters. The van der Waals surface area contributed by atoms with Gasteiger partial charge in [0.05, 0.1) is 13.2 Å². The number of ether oxygens (including phenoxy) is 1. The van der Waals surface area contributed by atoms with Crippen molar-refractivity contribution in [1.82, 2.24) is 4.90 Å². The van der Waals surface area contributed by atoms with Gasteiger partial charge in [0.15, 0.2) is 0 Å². The summed E-state index contributed by atoms with van der Waals surface area (Å²) in [6.07, 6.45) is 0. The Hall–Kier alpha value is -0.130. The average molecular weight is 317 g/mol. The molecule has 2 rings (SSSR count). The molecule has 1 fully saturated rings. The van der Waals surface area contributed by atoms with Crippen LogP contribution in [0, 0.1) is 10.5 Å². The van der Waals surface area contributed by atoms with Crippen LogP contribution in [0.15, 0.2) is 18.2 Å². The Kier molecular flexibility index (Phi) is 3.99. The highest BCUT2D eigenvalue weighted by atomic mass is 127. The number of hydrogen-bond acceptors (Lipinski definition) is 2. The molecule has 1 aromatic carbocycles. The second-order valence-electron chi connectivity index (χ2n) is 3.97. The summed E-state index contributed by atoms with van der Waals surface area (Å²) < 4.78 is 6.68. The van der Waals surface area contributed by atoms with E-state index in [1.807, 2.05) is 0 Å². The topological polar surface area (TPSA) is 12.5 Å².